The van der Waals surface area contributed by atoms with Crippen LogP contribution in [0.1, 0.15) is 10.4 Å². The second kappa shape index (κ2) is 16.4. The van der Waals surface area contributed by atoms with Crippen LogP contribution >= 0.6 is 31.9 Å². The molecule has 1 aliphatic carbocycles. The molecular formula is C24H14Br2HgNNa2O8. The number of amides is 1. The first-order valence-corrected chi connectivity index (χ1v) is 14.0. The predicted octanol–water partition coefficient (Wildman–Crippen LogP) is -4.40. The average molecular weight is 851 g/mol. The van der Waals surface area contributed by atoms with Crippen LogP contribution in [0.15, 0.2) is 60.6 Å². The number of fused-ring (bicyclic) bond motifs is 2. The van der Waals surface area contributed by atoms with E-state index in [4.69, 9.17) is 10.8 Å². The van der Waals surface area contributed by atoms with Crippen LogP contribution in [0.2, 0.25) is 0 Å². The van der Waals surface area contributed by atoms with Crippen molar-refractivity contribution in [3.63, 3.8) is 0 Å². The Morgan fingerprint density at radius 3 is 2.29 bits per heavy atom. The summed E-state index contributed by atoms with van der Waals surface area (Å²) in [5, 5.41) is 24.8. The summed E-state index contributed by atoms with van der Waals surface area (Å²) in [5.41, 5.74) is 6.21. The molecule has 181 valence electrons. The third-order valence-electron chi connectivity index (χ3n) is 4.78. The summed E-state index contributed by atoms with van der Waals surface area (Å²) in [6.45, 7) is -0.0463. The van der Waals surface area contributed by atoms with E-state index in [9.17, 15) is 24.6 Å². The summed E-state index contributed by atoms with van der Waals surface area (Å²) in [6.07, 6.45) is 3.86. The molecule has 0 fully saturated rings. The van der Waals surface area contributed by atoms with Gasteiger partial charge in [-0.05, 0) is 0 Å². The predicted molar refractivity (Wildman–Crippen MR) is 131 cm³/mol. The minimum Gasteiger partial charge on any atom is 1.00 e. The molecule has 0 unspecified atom stereocenters. The van der Waals surface area contributed by atoms with Crippen molar-refractivity contribution >= 4 is 58.0 Å². The van der Waals surface area contributed by atoms with Crippen molar-refractivity contribution in [1.29, 1.82) is 0 Å². The molecule has 2 aliphatic rings. The number of carbonyl (C=O) groups is 2. The molecule has 2 aromatic rings. The van der Waals surface area contributed by atoms with Crippen LogP contribution in [0.25, 0.3) is 33.4 Å². The second-order valence-electron chi connectivity index (χ2n) is 6.94. The SMILES string of the molecule is C#CCOC(N)=O.O.O=C([O-])c1ccccc1-c1c2cc(Br)c(=O)cc-2oc2[c]([Hg])c([O-])c(Br)cc12.[Na+].[Na+]. The number of carbonyl (C=O) groups excluding carboxylic acids is 2. The molecule has 0 saturated heterocycles. The third kappa shape index (κ3) is 8.30. The molecule has 38 heavy (non-hydrogen) atoms. The molecule has 0 aromatic heterocycles. The van der Waals surface area contributed by atoms with E-state index >= 15 is 0 Å². The fraction of sp³-hybridized carbons (Fsp3) is 0.0417. The summed E-state index contributed by atoms with van der Waals surface area (Å²) in [7, 11) is 0. The van der Waals surface area contributed by atoms with Gasteiger partial charge in [-0.25, -0.2) is 4.79 Å². The molecule has 1 aliphatic heterocycles. The summed E-state index contributed by atoms with van der Waals surface area (Å²) >= 11 is 6.47. The Balaban J connectivity index is 0.00000122. The maximum atomic E-state index is 12.4. The Morgan fingerprint density at radius 2 is 1.74 bits per heavy atom. The Labute approximate surface area is 294 Å². The van der Waals surface area contributed by atoms with Crippen molar-refractivity contribution in [1.82, 2.24) is 0 Å². The van der Waals surface area contributed by atoms with E-state index in [0.717, 1.165) is 0 Å². The van der Waals surface area contributed by atoms with Gasteiger partial charge < -0.3 is 15.9 Å². The minimum atomic E-state index is -1.31. The number of carboxylic acid groups (broad SMARTS) is 1. The molecule has 0 saturated carbocycles. The van der Waals surface area contributed by atoms with Crippen molar-refractivity contribution in [2.45, 2.75) is 0 Å². The van der Waals surface area contributed by atoms with Gasteiger partial charge in [0.2, 0.25) is 0 Å². The largest absolute Gasteiger partial charge is 1.00 e. The van der Waals surface area contributed by atoms with Gasteiger partial charge in [-0.3, -0.25) is 0 Å². The van der Waals surface area contributed by atoms with Gasteiger partial charge in [-0.15, -0.1) is 6.42 Å². The number of halogens is 2. The Morgan fingerprint density at radius 1 is 1.11 bits per heavy atom. The number of nitrogens with two attached hydrogens (primary N) is 1. The van der Waals surface area contributed by atoms with Gasteiger partial charge in [0.25, 0.3) is 0 Å². The zero-order valence-corrected chi connectivity index (χ0v) is 32.9. The van der Waals surface area contributed by atoms with E-state index in [1.54, 1.807) is 30.3 Å². The molecule has 0 spiro atoms. The minimum absolute atomic E-state index is 0. The van der Waals surface area contributed by atoms with Crippen LogP contribution < -0.4 is 83.6 Å². The summed E-state index contributed by atoms with van der Waals surface area (Å²) < 4.78 is 11.3. The van der Waals surface area contributed by atoms with Crippen molar-refractivity contribution in [2.24, 2.45) is 5.73 Å². The van der Waals surface area contributed by atoms with Gasteiger partial charge in [0.05, 0.1) is 0 Å². The first kappa shape index (κ1) is 37.1. The molecule has 14 heteroatoms. The number of rotatable bonds is 3. The van der Waals surface area contributed by atoms with Gasteiger partial charge >= 0.3 is 258 Å². The molecule has 4 rings (SSSR count). The summed E-state index contributed by atoms with van der Waals surface area (Å²) in [5.74, 6) is 0.897. The van der Waals surface area contributed by atoms with Crippen LogP contribution in [0.4, 0.5) is 4.79 Å². The molecular weight excluding hydrogens is 837 g/mol. The normalized spacial score (nSPS) is 9.55. The monoisotopic (exact) mass is 850 g/mol. The van der Waals surface area contributed by atoms with Crippen molar-refractivity contribution < 1.29 is 120 Å². The van der Waals surface area contributed by atoms with E-state index in [-0.39, 0.29) is 120 Å². The number of terminal acetylenes is 1. The topological polar surface area (TPSA) is 177 Å². The van der Waals surface area contributed by atoms with Crippen LogP contribution in [0, 0.1) is 12.3 Å². The smallest absolute Gasteiger partial charge is 1.00 e. The Hall–Kier alpha value is -0.915. The van der Waals surface area contributed by atoms with Crippen molar-refractivity contribution in [3.8, 4) is 40.5 Å². The van der Waals surface area contributed by atoms with Crippen LogP contribution in [0.3, 0.4) is 0 Å². The van der Waals surface area contributed by atoms with E-state index in [1.165, 1.54) is 12.1 Å². The Kier molecular flexibility index (Phi) is 16.0. The van der Waals surface area contributed by atoms with Gasteiger partial charge in [-0.1, -0.05) is 5.92 Å². The zero-order chi connectivity index (χ0) is 25.9. The number of carboxylic acids is 1. The van der Waals surface area contributed by atoms with Crippen molar-refractivity contribution in [3.05, 3.63) is 67.2 Å². The number of hydrogen-bond donors (Lipinski definition) is 1. The van der Waals surface area contributed by atoms with E-state index in [1.807, 2.05) is 0 Å². The van der Waals surface area contributed by atoms with Crippen LogP contribution in [-0.4, -0.2) is 24.1 Å². The molecule has 0 radical (unpaired) electrons. The third-order valence-corrected chi connectivity index (χ3v) is 8.49. The molecule has 0 bridgehead atoms. The standard InChI is InChI=1S/C20H9Br2O5.C4H5NO2.Hg.2Na.H2O/c21-13-5-11-17(7-15(13)23)27-18-8-16(24)14(22)6-12(18)19(11)9-3-1-2-4-10(9)20(25)26;1-2-3-7-4(5)6;;;;/h1-7,24H,(H,25,26);1H,3H2,(H2,5,6);;;;1H2/q;;;2*+1;/p-2. The second-order valence-corrected chi connectivity index (χ2v) is 11.4. The average Bonchev–Trinajstić information content (AvgIpc) is 2.82. The molecule has 4 N–H and O–H groups in total. The first-order chi connectivity index (χ1) is 16.6. The van der Waals surface area contributed by atoms with Crippen molar-refractivity contribution in [2.75, 3.05) is 6.61 Å². The van der Waals surface area contributed by atoms with E-state index < -0.39 is 12.1 Å². The van der Waals surface area contributed by atoms with Gasteiger partial charge in [0, 0.05) is 0 Å². The molecule has 1 amide bonds. The molecule has 1 heterocycles. The number of ether oxygens (including phenoxy) is 1. The van der Waals surface area contributed by atoms with Gasteiger partial charge in [0.1, 0.15) is 0 Å². The quantitative estimate of drug-likeness (QED) is 0.123. The fourth-order valence-electron chi connectivity index (χ4n) is 3.32. The summed E-state index contributed by atoms with van der Waals surface area (Å²) in [4.78, 5) is 33.5. The molecule has 2 aromatic carbocycles. The first-order valence-electron chi connectivity index (χ1n) is 9.64. The number of aromatic carboxylic acids is 1. The van der Waals surface area contributed by atoms with Gasteiger partial charge in [0.15, 0.2) is 6.61 Å². The number of hydrogen-bond acceptors (Lipinski definition) is 7. The van der Waals surface area contributed by atoms with Gasteiger partial charge in [-0.2, -0.15) is 0 Å². The zero-order valence-electron chi connectivity index (χ0n) is 20.2. The molecule has 9 nitrogen and oxygen atoms in total. The van der Waals surface area contributed by atoms with E-state index in [2.05, 4.69) is 48.3 Å². The number of primary amides is 1. The van der Waals surface area contributed by atoms with Crippen LogP contribution in [0.5, 0.6) is 5.75 Å². The van der Waals surface area contributed by atoms with Crippen LogP contribution in [-0.2, 0) is 30.9 Å². The Bertz CT molecular complexity index is 1560. The maximum Gasteiger partial charge on any atom is 1.00 e. The van der Waals surface area contributed by atoms with E-state index in [0.29, 0.717) is 39.7 Å². The summed E-state index contributed by atoms with van der Waals surface area (Å²) in [6, 6.07) is 11.1. The molecule has 0 atom stereocenters. The fourth-order valence-corrected chi connectivity index (χ4v) is 6.90. The number of benzene rings is 3. The maximum absolute atomic E-state index is 12.4.